The molecule has 10 heavy (non-hydrogen) atoms. The molecule has 0 spiro atoms. The minimum atomic E-state index is 0.597. The van der Waals surface area contributed by atoms with E-state index in [1.807, 2.05) is 13.8 Å². The predicted molar refractivity (Wildman–Crippen MR) is 42.1 cm³/mol. The molecule has 2 aliphatic heterocycles. The van der Waals surface area contributed by atoms with Crippen LogP contribution in [-0.2, 0) is 4.74 Å². The van der Waals surface area contributed by atoms with Gasteiger partial charge in [0.2, 0.25) is 0 Å². The zero-order valence-corrected chi connectivity index (χ0v) is 7.13. The lowest BCUT2D eigenvalue weighted by molar-refractivity contribution is -0.0830. The molecule has 0 amide bonds. The molecule has 0 aromatic carbocycles. The van der Waals surface area contributed by atoms with Gasteiger partial charge in [-0.05, 0) is 7.05 Å². The van der Waals surface area contributed by atoms with Crippen molar-refractivity contribution in [3.05, 3.63) is 0 Å². The number of likely N-dealkylation sites (N-methyl/N-ethyl adjacent to an activating group) is 1. The average Bonchev–Trinajstić information content (AvgIpc) is 2.19. The lowest BCUT2D eigenvalue weighted by Gasteiger charge is -2.29. The van der Waals surface area contributed by atoms with Crippen LogP contribution in [0.4, 0.5) is 0 Å². The largest absolute Gasteiger partial charge is 0.376 e. The fraction of sp³-hybridized carbons (Fsp3) is 1.00. The van der Waals surface area contributed by atoms with Crippen molar-refractivity contribution in [3.63, 3.8) is 0 Å². The number of rotatable bonds is 0. The maximum atomic E-state index is 5.28. The first-order chi connectivity index (χ1) is 4.86. The summed E-state index contributed by atoms with van der Waals surface area (Å²) in [6, 6.07) is 0. The Balaban J connectivity index is 0.000000231. The van der Waals surface area contributed by atoms with E-state index in [1.54, 1.807) is 0 Å². The van der Waals surface area contributed by atoms with E-state index in [0.717, 1.165) is 19.1 Å². The maximum absolute atomic E-state index is 5.28. The molecule has 0 aromatic rings. The number of likely N-dealkylation sites (tertiary alicyclic amines) is 1. The molecule has 2 atom stereocenters. The highest BCUT2D eigenvalue weighted by Crippen LogP contribution is 2.27. The zero-order valence-electron chi connectivity index (χ0n) is 7.13. The van der Waals surface area contributed by atoms with Crippen LogP contribution >= 0.6 is 0 Å². The Labute approximate surface area is 63.2 Å². The number of fused-ring (bicyclic) bond motifs is 1. The second kappa shape index (κ2) is 3.35. The monoisotopic (exact) mass is 143 g/mol. The first-order valence-electron chi connectivity index (χ1n) is 4.16. The Bertz CT molecular complexity index is 93.4. The molecule has 0 saturated carbocycles. The lowest BCUT2D eigenvalue weighted by atomic mass is 10.0. The summed E-state index contributed by atoms with van der Waals surface area (Å²) in [5.74, 6) is 0.875. The van der Waals surface area contributed by atoms with Gasteiger partial charge in [-0.25, -0.2) is 0 Å². The molecule has 0 aromatic heterocycles. The third-order valence-corrected chi connectivity index (χ3v) is 2.09. The molecule has 0 N–H and O–H groups in total. The average molecular weight is 143 g/mol. The standard InChI is InChI=1S/C6H11NO.C2H6/c1-7-2-5-4-8-6(5)3-7;1-2/h5-6H,2-4H2,1H3;1-2H3/t5?,6-;/m0./s1. The van der Waals surface area contributed by atoms with E-state index in [0.29, 0.717) is 6.10 Å². The highest BCUT2D eigenvalue weighted by molar-refractivity contribution is 4.89. The van der Waals surface area contributed by atoms with E-state index in [9.17, 15) is 0 Å². The van der Waals surface area contributed by atoms with Crippen molar-refractivity contribution in [3.8, 4) is 0 Å². The molecule has 1 unspecified atom stereocenters. The van der Waals surface area contributed by atoms with Crippen LogP contribution < -0.4 is 0 Å². The van der Waals surface area contributed by atoms with Crippen LogP contribution in [0.25, 0.3) is 0 Å². The summed E-state index contributed by atoms with van der Waals surface area (Å²) in [6.07, 6.45) is 0.597. The first kappa shape index (κ1) is 8.02. The lowest BCUT2D eigenvalue weighted by Crippen LogP contribution is -2.37. The third-order valence-electron chi connectivity index (χ3n) is 2.09. The van der Waals surface area contributed by atoms with E-state index in [2.05, 4.69) is 11.9 Å². The van der Waals surface area contributed by atoms with Crippen LogP contribution in [-0.4, -0.2) is 37.7 Å². The van der Waals surface area contributed by atoms with Gasteiger partial charge in [-0.3, -0.25) is 0 Å². The Hall–Kier alpha value is -0.0800. The Morgan fingerprint density at radius 3 is 2.20 bits per heavy atom. The van der Waals surface area contributed by atoms with Crippen molar-refractivity contribution in [1.29, 1.82) is 0 Å². The SMILES string of the molecule is CC.CN1CC2CO[C@H]2C1. The topological polar surface area (TPSA) is 12.5 Å². The highest BCUT2D eigenvalue weighted by Gasteiger charge is 2.38. The van der Waals surface area contributed by atoms with Gasteiger partial charge < -0.3 is 9.64 Å². The Morgan fingerprint density at radius 2 is 2.00 bits per heavy atom. The molecule has 0 bridgehead atoms. The third kappa shape index (κ3) is 1.32. The molecular formula is C8H17NO. The molecule has 2 nitrogen and oxygen atoms in total. The zero-order chi connectivity index (χ0) is 7.56. The summed E-state index contributed by atoms with van der Waals surface area (Å²) in [4.78, 5) is 2.34. The molecule has 2 fully saturated rings. The van der Waals surface area contributed by atoms with Crippen molar-refractivity contribution >= 4 is 0 Å². The van der Waals surface area contributed by atoms with Crippen molar-refractivity contribution in [2.75, 3.05) is 26.7 Å². The maximum Gasteiger partial charge on any atom is 0.0764 e. The van der Waals surface area contributed by atoms with E-state index < -0.39 is 0 Å². The minimum Gasteiger partial charge on any atom is -0.376 e. The fourth-order valence-electron chi connectivity index (χ4n) is 1.52. The second-order valence-corrected chi connectivity index (χ2v) is 2.85. The van der Waals surface area contributed by atoms with Crippen LogP contribution in [0, 0.1) is 5.92 Å². The molecule has 0 aliphatic carbocycles. The Kier molecular flexibility index (Phi) is 2.69. The van der Waals surface area contributed by atoms with Crippen LogP contribution in [0.5, 0.6) is 0 Å². The molecule has 0 radical (unpaired) electrons. The molecule has 60 valence electrons. The van der Waals surface area contributed by atoms with Gasteiger partial charge in [0.15, 0.2) is 0 Å². The quantitative estimate of drug-likeness (QED) is 0.501. The summed E-state index contributed by atoms with van der Waals surface area (Å²) in [5.41, 5.74) is 0. The number of ether oxygens (including phenoxy) is 1. The van der Waals surface area contributed by atoms with Crippen LogP contribution in [0.15, 0.2) is 0 Å². The van der Waals surface area contributed by atoms with Gasteiger partial charge in [-0.1, -0.05) is 13.8 Å². The van der Waals surface area contributed by atoms with Crippen LogP contribution in [0.1, 0.15) is 13.8 Å². The van der Waals surface area contributed by atoms with Gasteiger partial charge in [-0.2, -0.15) is 0 Å². The molecule has 2 saturated heterocycles. The summed E-state index contributed by atoms with van der Waals surface area (Å²) in [6.45, 7) is 7.42. The molecule has 2 rings (SSSR count). The normalized spacial score (nSPS) is 37.5. The van der Waals surface area contributed by atoms with Crippen molar-refractivity contribution in [1.82, 2.24) is 4.90 Å². The summed E-state index contributed by atoms with van der Waals surface area (Å²) >= 11 is 0. The van der Waals surface area contributed by atoms with Gasteiger partial charge in [0.25, 0.3) is 0 Å². The summed E-state index contributed by atoms with van der Waals surface area (Å²) in [5, 5.41) is 0. The molecule has 2 heteroatoms. The van der Waals surface area contributed by atoms with Crippen molar-refractivity contribution in [2.24, 2.45) is 5.92 Å². The first-order valence-corrected chi connectivity index (χ1v) is 4.16. The number of hydrogen-bond donors (Lipinski definition) is 0. The van der Waals surface area contributed by atoms with Gasteiger partial charge in [0.05, 0.1) is 12.7 Å². The highest BCUT2D eigenvalue weighted by atomic mass is 16.5. The van der Waals surface area contributed by atoms with Gasteiger partial charge in [0, 0.05) is 19.0 Å². The second-order valence-electron chi connectivity index (χ2n) is 2.85. The number of hydrogen-bond acceptors (Lipinski definition) is 2. The predicted octanol–water partition coefficient (Wildman–Crippen LogP) is 0.973. The molecular weight excluding hydrogens is 126 g/mol. The van der Waals surface area contributed by atoms with E-state index >= 15 is 0 Å². The van der Waals surface area contributed by atoms with Gasteiger partial charge in [-0.15, -0.1) is 0 Å². The summed E-state index contributed by atoms with van der Waals surface area (Å²) in [7, 11) is 2.15. The van der Waals surface area contributed by atoms with Crippen molar-refractivity contribution in [2.45, 2.75) is 20.0 Å². The minimum absolute atomic E-state index is 0.597. The van der Waals surface area contributed by atoms with Gasteiger partial charge >= 0.3 is 0 Å². The van der Waals surface area contributed by atoms with E-state index in [-0.39, 0.29) is 0 Å². The van der Waals surface area contributed by atoms with E-state index in [4.69, 9.17) is 4.74 Å². The fourth-order valence-corrected chi connectivity index (χ4v) is 1.52. The number of nitrogens with zero attached hydrogens (tertiary/aromatic N) is 1. The smallest absolute Gasteiger partial charge is 0.0764 e. The van der Waals surface area contributed by atoms with Crippen molar-refractivity contribution < 1.29 is 4.74 Å². The van der Waals surface area contributed by atoms with Gasteiger partial charge in [0.1, 0.15) is 0 Å². The van der Waals surface area contributed by atoms with E-state index in [1.165, 1.54) is 6.54 Å². The molecule has 2 aliphatic rings. The Morgan fingerprint density at radius 1 is 1.30 bits per heavy atom. The summed E-state index contributed by atoms with van der Waals surface area (Å²) < 4.78 is 5.28. The van der Waals surface area contributed by atoms with Crippen LogP contribution in [0.3, 0.4) is 0 Å². The molecule has 2 heterocycles. The van der Waals surface area contributed by atoms with Crippen LogP contribution in [0.2, 0.25) is 0 Å².